The van der Waals surface area contributed by atoms with Crippen molar-refractivity contribution < 1.29 is 4.39 Å². The molecule has 1 aliphatic rings. The summed E-state index contributed by atoms with van der Waals surface area (Å²) in [6.07, 6.45) is 2.38. The second-order valence-corrected chi connectivity index (χ2v) is 6.19. The molecular formula is C15H21FN2S. The Morgan fingerprint density at radius 3 is 2.84 bits per heavy atom. The van der Waals surface area contributed by atoms with Gasteiger partial charge in [0.05, 0.1) is 6.54 Å². The number of rotatable bonds is 4. The van der Waals surface area contributed by atoms with Gasteiger partial charge in [-0.1, -0.05) is 44.5 Å². The van der Waals surface area contributed by atoms with E-state index in [0.29, 0.717) is 11.2 Å². The van der Waals surface area contributed by atoms with Crippen LogP contribution in [0.3, 0.4) is 0 Å². The summed E-state index contributed by atoms with van der Waals surface area (Å²) in [5, 5.41) is 4.74. The van der Waals surface area contributed by atoms with Gasteiger partial charge in [-0.2, -0.15) is 0 Å². The van der Waals surface area contributed by atoms with E-state index in [-0.39, 0.29) is 5.82 Å². The number of nitrogens with zero attached hydrogens (tertiary/aromatic N) is 1. The molecule has 1 aromatic carbocycles. The van der Waals surface area contributed by atoms with Crippen LogP contribution in [-0.2, 0) is 0 Å². The first-order valence-corrected chi connectivity index (χ1v) is 7.76. The molecule has 0 amide bonds. The van der Waals surface area contributed by atoms with Crippen molar-refractivity contribution in [3.8, 4) is 0 Å². The van der Waals surface area contributed by atoms with Crippen molar-refractivity contribution in [3.05, 3.63) is 29.6 Å². The third-order valence-corrected chi connectivity index (χ3v) is 4.98. The summed E-state index contributed by atoms with van der Waals surface area (Å²) in [6.45, 7) is 7.31. The zero-order chi connectivity index (χ0) is 13.8. The summed E-state index contributed by atoms with van der Waals surface area (Å²) < 4.78 is 13.2. The number of benzene rings is 1. The van der Waals surface area contributed by atoms with Crippen molar-refractivity contribution in [1.82, 2.24) is 0 Å². The third-order valence-electron chi connectivity index (χ3n) is 3.69. The number of anilines is 1. The lowest BCUT2D eigenvalue weighted by atomic mass is 9.99. The van der Waals surface area contributed by atoms with Gasteiger partial charge in [-0.25, -0.2) is 4.39 Å². The first-order chi connectivity index (χ1) is 9.13. The van der Waals surface area contributed by atoms with Crippen LogP contribution in [0.5, 0.6) is 0 Å². The average Bonchev–Trinajstić information content (AvgIpc) is 2.84. The third kappa shape index (κ3) is 3.50. The van der Waals surface area contributed by atoms with Crippen LogP contribution in [0.25, 0.3) is 0 Å². The van der Waals surface area contributed by atoms with Crippen LogP contribution in [0.1, 0.15) is 32.3 Å². The van der Waals surface area contributed by atoms with Gasteiger partial charge in [0.15, 0.2) is 5.17 Å². The van der Waals surface area contributed by atoms with Crippen molar-refractivity contribution in [1.29, 1.82) is 0 Å². The second-order valence-electron chi connectivity index (χ2n) is 4.96. The molecule has 104 valence electrons. The van der Waals surface area contributed by atoms with Crippen LogP contribution in [0.2, 0.25) is 0 Å². The molecule has 1 atom stereocenters. The molecule has 2 nitrogen and oxygen atoms in total. The van der Waals surface area contributed by atoms with Gasteiger partial charge in [0.2, 0.25) is 0 Å². The standard InChI is InChI=1S/C15H21FN2S/c1-4-11(5-2)14-9-17-15(19-14)18-13-8-12(16)7-6-10(13)3/h6-8,11,14H,4-5,9H2,1-3H3,(H,17,18). The highest BCUT2D eigenvalue weighted by molar-refractivity contribution is 8.15. The Morgan fingerprint density at radius 2 is 2.16 bits per heavy atom. The van der Waals surface area contributed by atoms with Crippen molar-refractivity contribution in [2.24, 2.45) is 10.9 Å². The fourth-order valence-electron chi connectivity index (χ4n) is 2.36. The molecule has 1 aliphatic heterocycles. The predicted octanol–water partition coefficient (Wildman–Crippen LogP) is 4.45. The van der Waals surface area contributed by atoms with Gasteiger partial charge in [0, 0.05) is 10.9 Å². The number of aryl methyl sites for hydroxylation is 1. The molecule has 0 fully saturated rings. The molecule has 0 aliphatic carbocycles. The Bertz CT molecular complexity index is 469. The fourth-order valence-corrected chi connectivity index (χ4v) is 3.69. The minimum Gasteiger partial charge on any atom is -0.335 e. The van der Waals surface area contributed by atoms with Crippen molar-refractivity contribution >= 4 is 22.6 Å². The fraction of sp³-hybridized carbons (Fsp3) is 0.533. The Hall–Kier alpha value is -1.03. The van der Waals surface area contributed by atoms with E-state index in [9.17, 15) is 4.39 Å². The van der Waals surface area contributed by atoms with Crippen molar-refractivity contribution in [2.75, 3.05) is 11.9 Å². The largest absolute Gasteiger partial charge is 0.335 e. The second kappa shape index (κ2) is 6.42. The van der Waals surface area contributed by atoms with Gasteiger partial charge in [0.25, 0.3) is 0 Å². The highest BCUT2D eigenvalue weighted by Gasteiger charge is 2.26. The molecule has 0 radical (unpaired) electrons. The molecule has 2 rings (SSSR count). The minimum absolute atomic E-state index is 0.215. The molecule has 1 aromatic rings. The lowest BCUT2D eigenvalue weighted by molar-refractivity contribution is 0.479. The smallest absolute Gasteiger partial charge is 0.161 e. The van der Waals surface area contributed by atoms with Gasteiger partial charge in [-0.05, 0) is 30.5 Å². The quantitative estimate of drug-likeness (QED) is 0.881. The van der Waals surface area contributed by atoms with E-state index >= 15 is 0 Å². The topological polar surface area (TPSA) is 24.4 Å². The molecule has 0 aromatic heterocycles. The Labute approximate surface area is 118 Å². The monoisotopic (exact) mass is 280 g/mol. The molecule has 0 saturated carbocycles. The molecule has 1 unspecified atom stereocenters. The zero-order valence-corrected chi connectivity index (χ0v) is 12.6. The first kappa shape index (κ1) is 14.4. The number of aliphatic imine (C=N–C) groups is 1. The first-order valence-electron chi connectivity index (χ1n) is 6.88. The molecule has 1 heterocycles. The number of hydrogen-bond acceptors (Lipinski definition) is 3. The number of nitrogens with one attached hydrogen (secondary N) is 1. The van der Waals surface area contributed by atoms with Gasteiger partial charge in [-0.15, -0.1) is 0 Å². The normalized spacial score (nSPS) is 18.8. The van der Waals surface area contributed by atoms with Crippen LogP contribution < -0.4 is 5.32 Å². The highest BCUT2D eigenvalue weighted by atomic mass is 32.2. The SMILES string of the molecule is CCC(CC)C1CN=C(Nc2cc(F)ccc2C)S1. The average molecular weight is 280 g/mol. The Balaban J connectivity index is 2.00. The van der Waals surface area contributed by atoms with Crippen LogP contribution >= 0.6 is 11.8 Å². The van der Waals surface area contributed by atoms with Crippen LogP contribution in [0.15, 0.2) is 23.2 Å². The number of amidine groups is 1. The van der Waals surface area contributed by atoms with Gasteiger partial charge < -0.3 is 5.32 Å². The molecule has 0 spiro atoms. The molecule has 1 N–H and O–H groups in total. The van der Waals surface area contributed by atoms with Crippen LogP contribution in [0, 0.1) is 18.7 Å². The summed E-state index contributed by atoms with van der Waals surface area (Å²) in [5.74, 6) is 0.495. The Morgan fingerprint density at radius 1 is 1.42 bits per heavy atom. The van der Waals surface area contributed by atoms with Gasteiger partial charge in [0.1, 0.15) is 5.82 Å². The van der Waals surface area contributed by atoms with E-state index in [1.54, 1.807) is 17.8 Å². The maximum absolute atomic E-state index is 13.2. The minimum atomic E-state index is -0.215. The zero-order valence-electron chi connectivity index (χ0n) is 11.7. The van der Waals surface area contributed by atoms with E-state index in [1.165, 1.54) is 25.0 Å². The van der Waals surface area contributed by atoms with E-state index in [2.05, 4.69) is 24.2 Å². The highest BCUT2D eigenvalue weighted by Crippen LogP contribution is 2.32. The molecule has 19 heavy (non-hydrogen) atoms. The summed E-state index contributed by atoms with van der Waals surface area (Å²) >= 11 is 1.79. The van der Waals surface area contributed by atoms with Gasteiger partial charge in [-0.3, -0.25) is 4.99 Å². The van der Waals surface area contributed by atoms with E-state index in [0.717, 1.165) is 23.0 Å². The van der Waals surface area contributed by atoms with Crippen LogP contribution in [0.4, 0.5) is 10.1 Å². The number of halogens is 1. The van der Waals surface area contributed by atoms with Crippen molar-refractivity contribution in [3.63, 3.8) is 0 Å². The maximum atomic E-state index is 13.2. The van der Waals surface area contributed by atoms with Gasteiger partial charge >= 0.3 is 0 Å². The van der Waals surface area contributed by atoms with Crippen molar-refractivity contribution in [2.45, 2.75) is 38.9 Å². The van der Waals surface area contributed by atoms with Crippen LogP contribution in [-0.4, -0.2) is 17.0 Å². The lowest BCUT2D eigenvalue weighted by Crippen LogP contribution is -2.17. The number of hydrogen-bond donors (Lipinski definition) is 1. The molecule has 0 saturated heterocycles. The number of thioether (sulfide) groups is 1. The van der Waals surface area contributed by atoms with E-state index in [4.69, 9.17) is 0 Å². The molecular weight excluding hydrogens is 259 g/mol. The summed E-state index contributed by atoms with van der Waals surface area (Å²) in [7, 11) is 0. The lowest BCUT2D eigenvalue weighted by Gasteiger charge is -2.18. The summed E-state index contributed by atoms with van der Waals surface area (Å²) in [5.41, 5.74) is 1.85. The summed E-state index contributed by atoms with van der Waals surface area (Å²) in [4.78, 5) is 4.55. The molecule has 0 bridgehead atoms. The maximum Gasteiger partial charge on any atom is 0.161 e. The summed E-state index contributed by atoms with van der Waals surface area (Å²) in [6, 6.07) is 4.80. The van der Waals surface area contributed by atoms with E-state index < -0.39 is 0 Å². The van der Waals surface area contributed by atoms with E-state index in [1.807, 2.05) is 6.92 Å². The molecule has 4 heteroatoms. The predicted molar refractivity (Wildman–Crippen MR) is 82.5 cm³/mol. The Kier molecular flexibility index (Phi) is 4.86.